The molecular formula is C18H22N4O2. The van der Waals surface area contributed by atoms with Crippen LogP contribution in [0.15, 0.2) is 24.3 Å². The number of nitriles is 1. The van der Waals surface area contributed by atoms with Gasteiger partial charge in [-0.1, -0.05) is 6.07 Å². The van der Waals surface area contributed by atoms with Gasteiger partial charge in [0.2, 0.25) is 0 Å². The first-order valence-corrected chi connectivity index (χ1v) is 8.49. The minimum Gasteiger partial charge on any atom is -0.338 e. The van der Waals surface area contributed by atoms with Crippen molar-refractivity contribution in [1.29, 1.82) is 5.26 Å². The molecule has 2 fully saturated rings. The third kappa shape index (κ3) is 4.05. The summed E-state index contributed by atoms with van der Waals surface area (Å²) in [5, 5.41) is 11.9. The predicted molar refractivity (Wildman–Crippen MR) is 89.4 cm³/mol. The lowest BCUT2D eigenvalue weighted by Crippen LogP contribution is -2.43. The smallest absolute Gasteiger partial charge is 0.317 e. The lowest BCUT2D eigenvalue weighted by atomic mass is 10.1. The monoisotopic (exact) mass is 326 g/mol. The molecule has 0 unspecified atom stereocenters. The minimum absolute atomic E-state index is 0.0253. The zero-order chi connectivity index (χ0) is 16.9. The molecule has 3 rings (SSSR count). The molecule has 3 amide bonds. The molecular weight excluding hydrogens is 304 g/mol. The Morgan fingerprint density at radius 1 is 1.17 bits per heavy atom. The molecule has 126 valence electrons. The van der Waals surface area contributed by atoms with Crippen LogP contribution in [0, 0.1) is 17.2 Å². The number of urea groups is 1. The molecule has 1 aromatic carbocycles. The van der Waals surface area contributed by atoms with Crippen molar-refractivity contribution in [3.63, 3.8) is 0 Å². The molecule has 0 bridgehead atoms. The van der Waals surface area contributed by atoms with Crippen molar-refractivity contribution in [2.45, 2.75) is 19.3 Å². The van der Waals surface area contributed by atoms with E-state index < -0.39 is 0 Å². The highest BCUT2D eigenvalue weighted by atomic mass is 16.2. The summed E-state index contributed by atoms with van der Waals surface area (Å²) >= 11 is 0. The largest absolute Gasteiger partial charge is 0.338 e. The number of amides is 3. The van der Waals surface area contributed by atoms with Crippen molar-refractivity contribution < 1.29 is 9.59 Å². The lowest BCUT2D eigenvalue weighted by Gasteiger charge is -2.22. The molecule has 24 heavy (non-hydrogen) atoms. The van der Waals surface area contributed by atoms with Gasteiger partial charge in [-0.05, 0) is 43.4 Å². The average Bonchev–Trinajstić information content (AvgIpc) is 3.45. The van der Waals surface area contributed by atoms with Crippen LogP contribution < -0.4 is 5.32 Å². The third-order valence-corrected chi connectivity index (χ3v) is 4.55. The molecule has 1 aliphatic carbocycles. The van der Waals surface area contributed by atoms with Crippen LogP contribution in [0.25, 0.3) is 0 Å². The highest BCUT2D eigenvalue weighted by molar-refractivity contribution is 5.94. The van der Waals surface area contributed by atoms with Crippen LogP contribution in [0.2, 0.25) is 0 Å². The van der Waals surface area contributed by atoms with Gasteiger partial charge in [0.1, 0.15) is 0 Å². The second-order valence-corrected chi connectivity index (χ2v) is 6.45. The topological polar surface area (TPSA) is 76.4 Å². The maximum atomic E-state index is 12.6. The molecule has 1 heterocycles. The number of nitrogens with one attached hydrogen (secondary N) is 1. The summed E-state index contributed by atoms with van der Waals surface area (Å²) in [6.45, 7) is 3.12. The number of rotatable bonds is 3. The molecule has 1 aromatic rings. The molecule has 0 spiro atoms. The Labute approximate surface area is 142 Å². The van der Waals surface area contributed by atoms with E-state index in [2.05, 4.69) is 11.4 Å². The van der Waals surface area contributed by atoms with Crippen LogP contribution >= 0.6 is 0 Å². The van der Waals surface area contributed by atoms with Crippen LogP contribution in [-0.2, 0) is 0 Å². The molecule has 0 atom stereocenters. The van der Waals surface area contributed by atoms with Crippen LogP contribution in [-0.4, -0.2) is 54.5 Å². The maximum Gasteiger partial charge on any atom is 0.317 e. The predicted octanol–water partition coefficient (Wildman–Crippen LogP) is 1.83. The molecule has 6 heteroatoms. The van der Waals surface area contributed by atoms with E-state index in [4.69, 9.17) is 5.26 Å². The van der Waals surface area contributed by atoms with Gasteiger partial charge in [0, 0.05) is 38.3 Å². The fourth-order valence-corrected chi connectivity index (χ4v) is 2.89. The number of hydrogen-bond acceptors (Lipinski definition) is 3. The van der Waals surface area contributed by atoms with Crippen LogP contribution in [0.3, 0.4) is 0 Å². The van der Waals surface area contributed by atoms with Gasteiger partial charge >= 0.3 is 6.03 Å². The first-order valence-electron chi connectivity index (χ1n) is 8.49. The second kappa shape index (κ2) is 7.35. The standard InChI is InChI=1S/C18H22N4O2/c19-12-15-3-1-4-16(11-15)17(23)21-7-2-8-22(10-9-21)18(24)20-13-14-5-6-14/h1,3-4,11,14H,2,5-10,13H2,(H,20,24). The Bertz CT molecular complexity index is 663. The molecule has 1 aliphatic heterocycles. The SMILES string of the molecule is N#Cc1cccc(C(=O)N2CCCN(C(=O)NCC3CC3)CC2)c1. The molecule has 1 saturated heterocycles. The highest BCUT2D eigenvalue weighted by Crippen LogP contribution is 2.27. The molecule has 0 radical (unpaired) electrons. The van der Waals surface area contributed by atoms with E-state index in [0.29, 0.717) is 43.2 Å². The summed E-state index contributed by atoms with van der Waals surface area (Å²) in [6, 6.07) is 8.79. The summed E-state index contributed by atoms with van der Waals surface area (Å²) in [7, 11) is 0. The van der Waals surface area contributed by atoms with Crippen molar-refractivity contribution in [3.05, 3.63) is 35.4 Å². The van der Waals surface area contributed by atoms with Crippen LogP contribution in [0.1, 0.15) is 35.2 Å². The number of benzene rings is 1. The van der Waals surface area contributed by atoms with E-state index in [1.807, 2.05) is 0 Å². The highest BCUT2D eigenvalue weighted by Gasteiger charge is 2.25. The first kappa shape index (κ1) is 16.3. The average molecular weight is 326 g/mol. The van der Waals surface area contributed by atoms with Gasteiger partial charge in [-0.25, -0.2) is 4.79 Å². The van der Waals surface area contributed by atoms with E-state index >= 15 is 0 Å². The Morgan fingerprint density at radius 2 is 1.92 bits per heavy atom. The summed E-state index contributed by atoms with van der Waals surface area (Å²) in [6.07, 6.45) is 3.19. The lowest BCUT2D eigenvalue weighted by molar-refractivity contribution is 0.0762. The third-order valence-electron chi connectivity index (χ3n) is 4.55. The number of carbonyl (C=O) groups excluding carboxylic acids is 2. The van der Waals surface area contributed by atoms with Gasteiger partial charge in [0.05, 0.1) is 11.6 Å². The van der Waals surface area contributed by atoms with Gasteiger partial charge < -0.3 is 15.1 Å². The van der Waals surface area contributed by atoms with Crippen molar-refractivity contribution in [2.24, 2.45) is 5.92 Å². The Balaban J connectivity index is 1.57. The number of hydrogen-bond donors (Lipinski definition) is 1. The zero-order valence-electron chi connectivity index (χ0n) is 13.7. The summed E-state index contributed by atoms with van der Waals surface area (Å²) in [5.41, 5.74) is 1.01. The van der Waals surface area contributed by atoms with Crippen molar-refractivity contribution >= 4 is 11.9 Å². The molecule has 0 aromatic heterocycles. The Morgan fingerprint density at radius 3 is 2.67 bits per heavy atom. The maximum absolute atomic E-state index is 12.6. The van der Waals surface area contributed by atoms with Gasteiger partial charge in [-0.15, -0.1) is 0 Å². The van der Waals surface area contributed by atoms with Gasteiger partial charge in [0.15, 0.2) is 0 Å². The fraction of sp³-hybridized carbons (Fsp3) is 0.500. The van der Waals surface area contributed by atoms with E-state index in [1.54, 1.807) is 34.1 Å². The van der Waals surface area contributed by atoms with Gasteiger partial charge in [-0.2, -0.15) is 5.26 Å². The fourth-order valence-electron chi connectivity index (χ4n) is 2.89. The molecule has 6 nitrogen and oxygen atoms in total. The van der Waals surface area contributed by atoms with Gasteiger partial charge in [0.25, 0.3) is 5.91 Å². The van der Waals surface area contributed by atoms with E-state index in [-0.39, 0.29) is 11.9 Å². The molecule has 1 saturated carbocycles. The van der Waals surface area contributed by atoms with Crippen molar-refractivity contribution in [2.75, 3.05) is 32.7 Å². The normalized spacial score (nSPS) is 17.8. The van der Waals surface area contributed by atoms with E-state index in [0.717, 1.165) is 13.0 Å². The zero-order valence-corrected chi connectivity index (χ0v) is 13.7. The minimum atomic E-state index is -0.0765. The Hall–Kier alpha value is -2.55. The second-order valence-electron chi connectivity index (χ2n) is 6.45. The van der Waals surface area contributed by atoms with Crippen molar-refractivity contribution in [1.82, 2.24) is 15.1 Å². The number of carbonyl (C=O) groups is 2. The molecule has 1 N–H and O–H groups in total. The Kier molecular flexibility index (Phi) is 4.99. The molecule has 2 aliphatic rings. The van der Waals surface area contributed by atoms with Crippen molar-refractivity contribution in [3.8, 4) is 6.07 Å². The van der Waals surface area contributed by atoms with E-state index in [1.165, 1.54) is 12.8 Å². The summed E-state index contributed by atoms with van der Waals surface area (Å²) < 4.78 is 0. The van der Waals surface area contributed by atoms with Crippen LogP contribution in [0.5, 0.6) is 0 Å². The first-order chi connectivity index (χ1) is 11.7. The summed E-state index contributed by atoms with van der Waals surface area (Å²) in [4.78, 5) is 28.4. The quantitative estimate of drug-likeness (QED) is 0.920. The van der Waals surface area contributed by atoms with Gasteiger partial charge in [-0.3, -0.25) is 4.79 Å². The summed E-state index contributed by atoms with van der Waals surface area (Å²) in [5.74, 6) is 0.582. The number of nitrogens with zero attached hydrogens (tertiary/aromatic N) is 3. The van der Waals surface area contributed by atoms with Crippen LogP contribution in [0.4, 0.5) is 4.79 Å². The van der Waals surface area contributed by atoms with E-state index in [9.17, 15) is 9.59 Å².